The van der Waals surface area contributed by atoms with Gasteiger partial charge in [-0.25, -0.2) is 0 Å². The number of aryl methyl sites for hydroxylation is 1. The molecule has 4 nitrogen and oxygen atoms in total. The molecule has 1 aromatic heterocycles. The molecule has 4 rings (SSSR count). The van der Waals surface area contributed by atoms with Crippen molar-refractivity contribution in [3.8, 4) is 22.9 Å². The van der Waals surface area contributed by atoms with E-state index in [0.717, 1.165) is 48.3 Å². The molecule has 156 valence electrons. The third-order valence-electron chi connectivity index (χ3n) is 6.06. The minimum atomic E-state index is -0.272. The highest BCUT2D eigenvalue weighted by molar-refractivity contribution is 6.02. The fourth-order valence-electron chi connectivity index (χ4n) is 4.40. The summed E-state index contributed by atoms with van der Waals surface area (Å²) in [6.45, 7) is 4.06. The molecular formula is C27H27N3O. The summed E-state index contributed by atoms with van der Waals surface area (Å²) >= 11 is 0. The van der Waals surface area contributed by atoms with E-state index in [-0.39, 0.29) is 17.5 Å². The van der Waals surface area contributed by atoms with Crippen molar-refractivity contribution in [2.24, 2.45) is 0 Å². The topological polar surface area (TPSA) is 57.8 Å². The predicted octanol–water partition coefficient (Wildman–Crippen LogP) is 5.73. The van der Waals surface area contributed by atoms with Gasteiger partial charge in [0.25, 0.3) is 5.91 Å². The molecule has 0 saturated heterocycles. The van der Waals surface area contributed by atoms with E-state index < -0.39 is 0 Å². The molecule has 0 unspecified atom stereocenters. The molecule has 1 aliphatic carbocycles. The number of rotatable bonds is 5. The van der Waals surface area contributed by atoms with E-state index in [4.69, 9.17) is 0 Å². The molecule has 0 atom stereocenters. The summed E-state index contributed by atoms with van der Waals surface area (Å²) in [4.78, 5) is 12.6. The van der Waals surface area contributed by atoms with Crippen LogP contribution in [0.3, 0.4) is 0 Å². The zero-order valence-electron chi connectivity index (χ0n) is 18.1. The lowest BCUT2D eigenvalue weighted by Gasteiger charge is -2.12. The Morgan fingerprint density at radius 3 is 2.32 bits per heavy atom. The van der Waals surface area contributed by atoms with Crippen LogP contribution in [-0.2, 0) is 4.79 Å². The first-order valence-corrected chi connectivity index (χ1v) is 10.8. The van der Waals surface area contributed by atoms with Gasteiger partial charge in [-0.05, 0) is 67.7 Å². The number of amides is 1. The highest BCUT2D eigenvalue weighted by Gasteiger charge is 2.20. The predicted molar refractivity (Wildman–Crippen MR) is 125 cm³/mol. The maximum Gasteiger partial charge on any atom is 0.262 e. The molecule has 2 aromatic carbocycles. The van der Waals surface area contributed by atoms with E-state index in [9.17, 15) is 10.1 Å². The summed E-state index contributed by atoms with van der Waals surface area (Å²) in [5.74, 6) is -0.272. The van der Waals surface area contributed by atoms with Crippen molar-refractivity contribution in [2.75, 3.05) is 0 Å². The van der Waals surface area contributed by atoms with Gasteiger partial charge in [-0.3, -0.25) is 4.79 Å². The first-order valence-electron chi connectivity index (χ1n) is 10.8. The van der Waals surface area contributed by atoms with E-state index >= 15 is 0 Å². The maximum absolute atomic E-state index is 12.6. The first-order chi connectivity index (χ1) is 15.1. The molecule has 1 aliphatic rings. The minimum Gasteiger partial charge on any atom is -0.349 e. The molecule has 0 radical (unpaired) electrons. The molecule has 0 aliphatic heterocycles. The molecular weight excluding hydrogens is 382 g/mol. The van der Waals surface area contributed by atoms with E-state index in [1.807, 2.05) is 38.1 Å². The van der Waals surface area contributed by atoms with Crippen molar-refractivity contribution >= 4 is 12.0 Å². The Balaban J connectivity index is 1.60. The third kappa shape index (κ3) is 4.46. The largest absolute Gasteiger partial charge is 0.349 e. The Morgan fingerprint density at radius 1 is 1.03 bits per heavy atom. The van der Waals surface area contributed by atoms with Gasteiger partial charge in [-0.15, -0.1) is 0 Å². The summed E-state index contributed by atoms with van der Waals surface area (Å²) < 4.78 is 2.16. The van der Waals surface area contributed by atoms with Gasteiger partial charge in [0.15, 0.2) is 0 Å². The fraction of sp³-hybridized carbons (Fsp3) is 0.259. The van der Waals surface area contributed by atoms with Crippen LogP contribution in [0.25, 0.3) is 22.9 Å². The van der Waals surface area contributed by atoms with Crippen molar-refractivity contribution in [3.63, 3.8) is 0 Å². The van der Waals surface area contributed by atoms with Crippen molar-refractivity contribution in [3.05, 3.63) is 83.2 Å². The molecule has 3 aromatic rings. The first kappa shape index (κ1) is 20.7. The molecule has 1 amide bonds. The van der Waals surface area contributed by atoms with Crippen molar-refractivity contribution in [1.29, 1.82) is 5.26 Å². The van der Waals surface area contributed by atoms with E-state index in [1.54, 1.807) is 6.08 Å². The second-order valence-electron chi connectivity index (χ2n) is 8.20. The lowest BCUT2D eigenvalue weighted by Crippen LogP contribution is -2.33. The Kier molecular flexibility index (Phi) is 6.04. The van der Waals surface area contributed by atoms with Crippen LogP contribution in [0.1, 0.15) is 42.6 Å². The number of nitrogens with zero attached hydrogens (tertiary/aromatic N) is 2. The fourth-order valence-corrected chi connectivity index (χ4v) is 4.40. The number of carbonyl (C=O) groups excluding carboxylic acids is 1. The van der Waals surface area contributed by atoms with Gasteiger partial charge >= 0.3 is 0 Å². The zero-order valence-corrected chi connectivity index (χ0v) is 18.1. The standard InChI is InChI=1S/C27H27N3O/c1-19-16-23(17-24(18-28)27(31)29-25-10-6-7-11-25)20(2)30(19)26-14-12-22(13-15-26)21-8-4-3-5-9-21/h3-5,8-9,12-17,25H,6-7,10-11H2,1-2H3,(H,29,31)/b24-17+. The van der Waals surface area contributed by atoms with E-state index in [2.05, 4.69) is 52.4 Å². The zero-order chi connectivity index (χ0) is 21.8. The molecule has 1 fully saturated rings. The van der Waals surface area contributed by atoms with E-state index in [0.29, 0.717) is 0 Å². The van der Waals surface area contributed by atoms with Crippen LogP contribution in [0, 0.1) is 25.2 Å². The van der Waals surface area contributed by atoms with Crippen molar-refractivity contribution in [2.45, 2.75) is 45.6 Å². The van der Waals surface area contributed by atoms with Crippen LogP contribution in [0.2, 0.25) is 0 Å². The minimum absolute atomic E-state index is 0.159. The normalized spacial score (nSPS) is 14.4. The number of hydrogen-bond donors (Lipinski definition) is 1. The van der Waals surface area contributed by atoms with Gasteiger partial charge in [0.2, 0.25) is 0 Å². The number of carbonyl (C=O) groups is 1. The lowest BCUT2D eigenvalue weighted by atomic mass is 10.1. The summed E-state index contributed by atoms with van der Waals surface area (Å²) in [6, 6.07) is 23.1. The van der Waals surface area contributed by atoms with Crippen LogP contribution in [0.4, 0.5) is 0 Å². The van der Waals surface area contributed by atoms with Crippen LogP contribution in [0.15, 0.2) is 66.2 Å². The molecule has 1 N–H and O–H groups in total. The van der Waals surface area contributed by atoms with Crippen LogP contribution < -0.4 is 5.32 Å². The Bertz CT molecular complexity index is 1140. The number of hydrogen-bond acceptors (Lipinski definition) is 2. The number of benzene rings is 2. The summed E-state index contributed by atoms with van der Waals surface area (Å²) in [5, 5.41) is 12.6. The van der Waals surface area contributed by atoms with Gasteiger partial charge in [0, 0.05) is 23.1 Å². The van der Waals surface area contributed by atoms with Crippen LogP contribution >= 0.6 is 0 Å². The average Bonchev–Trinajstić information content (AvgIpc) is 3.40. The highest BCUT2D eigenvalue weighted by Crippen LogP contribution is 2.26. The SMILES string of the molecule is Cc1cc(/C=C(\C#N)C(=O)NC2CCCC2)c(C)n1-c1ccc(-c2ccccc2)cc1. The number of nitrogens with one attached hydrogen (secondary N) is 1. The smallest absolute Gasteiger partial charge is 0.262 e. The Hall–Kier alpha value is -3.58. The Labute approximate surface area is 183 Å². The molecule has 31 heavy (non-hydrogen) atoms. The second-order valence-corrected chi connectivity index (χ2v) is 8.20. The molecule has 4 heteroatoms. The van der Waals surface area contributed by atoms with Gasteiger partial charge in [0.05, 0.1) is 0 Å². The monoisotopic (exact) mass is 409 g/mol. The molecule has 0 spiro atoms. The number of aromatic nitrogens is 1. The van der Waals surface area contributed by atoms with Crippen molar-refractivity contribution in [1.82, 2.24) is 9.88 Å². The molecule has 1 heterocycles. The van der Waals surface area contributed by atoms with Crippen LogP contribution in [-0.4, -0.2) is 16.5 Å². The maximum atomic E-state index is 12.6. The molecule has 0 bridgehead atoms. The lowest BCUT2D eigenvalue weighted by molar-refractivity contribution is -0.117. The van der Waals surface area contributed by atoms with Gasteiger partial charge in [-0.2, -0.15) is 5.26 Å². The highest BCUT2D eigenvalue weighted by atomic mass is 16.1. The Morgan fingerprint density at radius 2 is 1.68 bits per heavy atom. The summed E-state index contributed by atoms with van der Waals surface area (Å²) in [7, 11) is 0. The summed E-state index contributed by atoms with van der Waals surface area (Å²) in [6.07, 6.45) is 5.98. The quantitative estimate of drug-likeness (QED) is 0.432. The average molecular weight is 410 g/mol. The second kappa shape index (κ2) is 9.06. The third-order valence-corrected chi connectivity index (χ3v) is 6.06. The summed E-state index contributed by atoms with van der Waals surface area (Å²) in [5.41, 5.74) is 6.53. The van der Waals surface area contributed by atoms with Gasteiger partial charge < -0.3 is 9.88 Å². The molecule has 1 saturated carbocycles. The van der Waals surface area contributed by atoms with E-state index in [1.165, 1.54) is 11.1 Å². The number of nitriles is 1. The van der Waals surface area contributed by atoms with Gasteiger partial charge in [-0.1, -0.05) is 55.3 Å². The van der Waals surface area contributed by atoms with Crippen molar-refractivity contribution < 1.29 is 4.79 Å². The van der Waals surface area contributed by atoms with Crippen LogP contribution in [0.5, 0.6) is 0 Å². The van der Waals surface area contributed by atoms with Gasteiger partial charge in [0.1, 0.15) is 11.6 Å².